The Morgan fingerprint density at radius 3 is 2.73 bits per heavy atom. The standard InChI is InChI=1S/C16H29O5P/c1-4-8-16(12-20-22)13(11-19-15(2,3)21-16)6-5-7-14-17-9-10-18-14/h5-6,13-14H,4,7-12,22H2,1-3H3/b6-5+/t13-,16+/m1/s1/i14D. The van der Waals surface area contributed by atoms with Crippen LogP contribution >= 0.6 is 9.47 Å². The monoisotopic (exact) mass is 333 g/mol. The molecule has 128 valence electrons. The first-order valence-corrected chi connectivity index (χ1v) is 8.42. The van der Waals surface area contributed by atoms with Crippen molar-refractivity contribution in [2.45, 2.75) is 57.7 Å². The zero-order valence-electron chi connectivity index (χ0n) is 14.8. The molecule has 0 saturated carbocycles. The molecule has 2 fully saturated rings. The van der Waals surface area contributed by atoms with Gasteiger partial charge in [-0.25, -0.2) is 0 Å². The van der Waals surface area contributed by atoms with Crippen LogP contribution in [0.25, 0.3) is 0 Å². The summed E-state index contributed by atoms with van der Waals surface area (Å²) in [6.45, 7) is 7.98. The van der Waals surface area contributed by atoms with Crippen molar-refractivity contribution in [3.8, 4) is 0 Å². The van der Waals surface area contributed by atoms with Gasteiger partial charge in [0.05, 0.1) is 27.8 Å². The van der Waals surface area contributed by atoms with E-state index in [0.29, 0.717) is 32.8 Å². The van der Waals surface area contributed by atoms with Gasteiger partial charge in [0.1, 0.15) is 5.60 Å². The van der Waals surface area contributed by atoms with E-state index in [1.165, 1.54) is 0 Å². The predicted molar refractivity (Wildman–Crippen MR) is 87.4 cm³/mol. The van der Waals surface area contributed by atoms with Gasteiger partial charge in [-0.1, -0.05) is 25.5 Å². The van der Waals surface area contributed by atoms with Crippen LogP contribution in [0.1, 0.15) is 41.4 Å². The van der Waals surface area contributed by atoms with E-state index in [2.05, 4.69) is 22.5 Å². The lowest BCUT2D eigenvalue weighted by molar-refractivity contribution is -0.331. The molecule has 2 heterocycles. The quantitative estimate of drug-likeness (QED) is 0.529. The highest BCUT2D eigenvalue weighted by Gasteiger charge is 2.47. The smallest absolute Gasteiger partial charge is 0.163 e. The maximum Gasteiger partial charge on any atom is 0.163 e. The molecule has 0 aromatic heterocycles. The average molecular weight is 333 g/mol. The van der Waals surface area contributed by atoms with Gasteiger partial charge < -0.3 is 23.5 Å². The second-order valence-corrected chi connectivity index (χ2v) is 6.58. The van der Waals surface area contributed by atoms with E-state index >= 15 is 0 Å². The van der Waals surface area contributed by atoms with Gasteiger partial charge in [0, 0.05) is 21.8 Å². The van der Waals surface area contributed by atoms with E-state index in [1.54, 1.807) is 0 Å². The largest absolute Gasteiger partial charge is 0.363 e. The number of ether oxygens (including phenoxy) is 4. The molecule has 0 aromatic carbocycles. The van der Waals surface area contributed by atoms with Crippen molar-refractivity contribution in [2.24, 2.45) is 5.92 Å². The minimum atomic E-state index is -1.25. The number of hydrogen-bond acceptors (Lipinski definition) is 5. The van der Waals surface area contributed by atoms with Crippen LogP contribution in [0.3, 0.4) is 0 Å². The second kappa shape index (κ2) is 8.18. The maximum atomic E-state index is 8.04. The van der Waals surface area contributed by atoms with Crippen LogP contribution in [0.15, 0.2) is 12.2 Å². The lowest BCUT2D eigenvalue weighted by Crippen LogP contribution is -2.56. The SMILES string of the molecule is [2H]C1(C/C=C/[C@@H]2COC(C)(C)O[C@@]2(CCC)COP)OCCO1. The predicted octanol–water partition coefficient (Wildman–Crippen LogP) is 3.05. The van der Waals surface area contributed by atoms with Crippen molar-refractivity contribution in [3.63, 3.8) is 0 Å². The summed E-state index contributed by atoms with van der Waals surface area (Å²) in [4.78, 5) is 0. The Bertz CT molecular complexity index is 403. The molecule has 22 heavy (non-hydrogen) atoms. The van der Waals surface area contributed by atoms with Crippen molar-refractivity contribution >= 4 is 9.47 Å². The van der Waals surface area contributed by atoms with Crippen molar-refractivity contribution in [3.05, 3.63) is 12.2 Å². The summed E-state index contributed by atoms with van der Waals surface area (Å²) >= 11 is 0. The van der Waals surface area contributed by atoms with Crippen LogP contribution in [0.5, 0.6) is 0 Å². The summed E-state index contributed by atoms with van der Waals surface area (Å²) in [7, 11) is 2.31. The molecule has 2 aliphatic heterocycles. The molecule has 0 radical (unpaired) electrons. The average Bonchev–Trinajstić information content (AvgIpc) is 2.88. The van der Waals surface area contributed by atoms with Crippen LogP contribution in [-0.2, 0) is 23.5 Å². The van der Waals surface area contributed by atoms with Crippen molar-refractivity contribution in [1.82, 2.24) is 0 Å². The normalized spacial score (nSPS) is 34.9. The van der Waals surface area contributed by atoms with Gasteiger partial charge in [-0.05, 0) is 20.3 Å². The van der Waals surface area contributed by atoms with Gasteiger partial charge in [0.25, 0.3) is 0 Å². The second-order valence-electron chi connectivity index (χ2n) is 6.25. The minimum absolute atomic E-state index is 0.0565. The Hall–Kier alpha value is -0.0300. The molecule has 5 nitrogen and oxygen atoms in total. The third-order valence-electron chi connectivity index (χ3n) is 4.00. The highest BCUT2D eigenvalue weighted by molar-refractivity contribution is 7.09. The van der Waals surface area contributed by atoms with E-state index in [9.17, 15) is 0 Å². The fourth-order valence-electron chi connectivity index (χ4n) is 3.08. The zero-order chi connectivity index (χ0) is 17.0. The Morgan fingerprint density at radius 2 is 2.09 bits per heavy atom. The van der Waals surface area contributed by atoms with E-state index in [0.717, 1.165) is 12.8 Å². The molecular weight excluding hydrogens is 303 g/mol. The Balaban J connectivity index is 2.09. The van der Waals surface area contributed by atoms with Crippen molar-refractivity contribution in [2.75, 3.05) is 26.4 Å². The fourth-order valence-corrected chi connectivity index (χ4v) is 3.36. The lowest BCUT2D eigenvalue weighted by atomic mass is 9.82. The first kappa shape index (κ1) is 16.8. The molecule has 0 bridgehead atoms. The summed E-state index contributed by atoms with van der Waals surface area (Å²) in [6, 6.07) is 0. The van der Waals surface area contributed by atoms with Gasteiger partial charge in [0.15, 0.2) is 12.1 Å². The van der Waals surface area contributed by atoms with Crippen molar-refractivity contribution in [1.29, 1.82) is 0 Å². The van der Waals surface area contributed by atoms with Gasteiger partial charge >= 0.3 is 0 Å². The fraction of sp³-hybridized carbons (Fsp3) is 0.875. The van der Waals surface area contributed by atoms with E-state index in [4.69, 9.17) is 24.8 Å². The summed E-state index contributed by atoms with van der Waals surface area (Å²) in [5, 5.41) is 0. The number of hydrogen-bond donors (Lipinski definition) is 0. The molecule has 1 unspecified atom stereocenters. The van der Waals surface area contributed by atoms with Gasteiger partial charge in [-0.3, -0.25) is 0 Å². The molecule has 0 amide bonds. The molecule has 2 saturated heterocycles. The van der Waals surface area contributed by atoms with E-state index < -0.39 is 17.7 Å². The molecule has 3 atom stereocenters. The van der Waals surface area contributed by atoms with Crippen molar-refractivity contribution < 1.29 is 24.8 Å². The topological polar surface area (TPSA) is 46.2 Å². The molecule has 2 aliphatic rings. The molecule has 0 aliphatic carbocycles. The summed E-state index contributed by atoms with van der Waals surface area (Å²) in [5.74, 6) is -0.571. The highest BCUT2D eigenvalue weighted by Crippen LogP contribution is 2.39. The molecule has 6 heteroatoms. The third-order valence-corrected chi connectivity index (χ3v) is 4.17. The Labute approximate surface area is 137 Å². The van der Waals surface area contributed by atoms with Crippen LogP contribution < -0.4 is 0 Å². The third kappa shape index (κ3) is 4.73. The summed E-state index contributed by atoms with van der Waals surface area (Å²) < 4.78 is 36.1. The van der Waals surface area contributed by atoms with Crippen LogP contribution in [0.2, 0.25) is 0 Å². The first-order chi connectivity index (χ1) is 10.8. The molecule has 0 spiro atoms. The summed E-state index contributed by atoms with van der Waals surface area (Å²) in [6.07, 6.45) is 4.98. The van der Waals surface area contributed by atoms with Crippen LogP contribution in [0, 0.1) is 5.92 Å². The minimum Gasteiger partial charge on any atom is -0.363 e. The van der Waals surface area contributed by atoms with Crippen LogP contribution in [-0.4, -0.2) is 44.1 Å². The van der Waals surface area contributed by atoms with E-state index in [-0.39, 0.29) is 5.92 Å². The maximum absolute atomic E-state index is 8.04. The molecular formula is C16H29O5P. The zero-order valence-corrected chi connectivity index (χ0v) is 15.0. The van der Waals surface area contributed by atoms with Gasteiger partial charge in [0.2, 0.25) is 0 Å². The van der Waals surface area contributed by atoms with Gasteiger partial charge in [-0.15, -0.1) is 0 Å². The van der Waals surface area contributed by atoms with Gasteiger partial charge in [-0.2, -0.15) is 0 Å². The first-order valence-electron chi connectivity index (χ1n) is 8.45. The molecule has 2 rings (SSSR count). The van der Waals surface area contributed by atoms with Crippen LogP contribution in [0.4, 0.5) is 0 Å². The molecule has 0 aromatic rings. The highest BCUT2D eigenvalue weighted by atomic mass is 31.0. The molecule has 0 N–H and O–H groups in total. The Kier molecular flexibility index (Phi) is 6.25. The number of rotatable bonds is 7. The van der Waals surface area contributed by atoms with E-state index in [1.807, 2.05) is 19.9 Å². The summed E-state index contributed by atoms with van der Waals surface area (Å²) in [5.41, 5.74) is -0.429. The Morgan fingerprint density at radius 1 is 1.36 bits per heavy atom. The lowest BCUT2D eigenvalue weighted by Gasteiger charge is -2.49.